The summed E-state index contributed by atoms with van der Waals surface area (Å²) < 4.78 is 0.930. The van der Waals surface area contributed by atoms with Crippen LogP contribution in [0.4, 0.5) is 0 Å². The van der Waals surface area contributed by atoms with E-state index >= 15 is 0 Å². The molecule has 0 aromatic carbocycles. The van der Waals surface area contributed by atoms with E-state index < -0.39 is 0 Å². The van der Waals surface area contributed by atoms with Crippen molar-refractivity contribution in [1.82, 2.24) is 9.80 Å². The van der Waals surface area contributed by atoms with Crippen LogP contribution in [0, 0.1) is 0 Å². The molecule has 4 heteroatoms. The molecule has 4 rings (SSSR count). The summed E-state index contributed by atoms with van der Waals surface area (Å²) in [6, 6.07) is 2.42. The summed E-state index contributed by atoms with van der Waals surface area (Å²) >= 11 is 6.67. The summed E-state index contributed by atoms with van der Waals surface area (Å²) in [5, 5.41) is 0. The standard InChI is InChI=1S/C24H45N3.Cu/c1-4-10-22(11-5-1)25-16-18-26(23-12-6-2-7-13-23)20-21-27(19-17-25)24-14-8-3-9-15-24;/h22-24H,1-21H2;/q;+1. The Labute approximate surface area is 183 Å². The van der Waals surface area contributed by atoms with Crippen LogP contribution in [0.1, 0.15) is 96.3 Å². The second-order valence-corrected chi connectivity index (χ2v) is 11.1. The van der Waals surface area contributed by atoms with E-state index in [2.05, 4.69) is 9.80 Å². The predicted molar refractivity (Wildman–Crippen MR) is 114 cm³/mol. The first-order valence-corrected chi connectivity index (χ1v) is 13.2. The molecule has 3 saturated carbocycles. The van der Waals surface area contributed by atoms with Crippen LogP contribution in [0.15, 0.2) is 0 Å². The summed E-state index contributed by atoms with van der Waals surface area (Å²) in [7, 11) is 0. The van der Waals surface area contributed by atoms with Crippen molar-refractivity contribution in [1.29, 1.82) is 0 Å². The second kappa shape index (κ2) is 10.6. The summed E-state index contributed by atoms with van der Waals surface area (Å²) in [6.45, 7) is 7.49. The van der Waals surface area contributed by atoms with Gasteiger partial charge in [0.25, 0.3) is 0 Å². The molecule has 0 radical (unpaired) electrons. The van der Waals surface area contributed by atoms with Gasteiger partial charge in [-0.3, -0.25) is 0 Å². The normalized spacial score (nSPS) is 31.2. The second-order valence-electron chi connectivity index (χ2n) is 10.3. The van der Waals surface area contributed by atoms with E-state index in [0.717, 1.165) is 21.6 Å². The molecule has 0 aromatic rings. The fourth-order valence-corrected chi connectivity index (χ4v) is 7.11. The summed E-state index contributed by atoms with van der Waals surface area (Å²) in [6.07, 6.45) is 21.5. The maximum absolute atomic E-state index is 6.67. The van der Waals surface area contributed by atoms with Crippen LogP contribution in [-0.2, 0) is 16.2 Å². The van der Waals surface area contributed by atoms with Gasteiger partial charge in [0.05, 0.1) is 0 Å². The maximum atomic E-state index is 6.67. The van der Waals surface area contributed by atoms with Gasteiger partial charge in [-0.15, -0.1) is 0 Å². The number of rotatable bonds is 3. The monoisotopic (exact) mass is 438 g/mol. The Morgan fingerprint density at radius 3 is 1.32 bits per heavy atom. The first-order chi connectivity index (χ1) is 13.7. The van der Waals surface area contributed by atoms with Gasteiger partial charge in [-0.1, -0.05) is 0 Å². The topological polar surface area (TPSA) is 6.48 Å². The molecule has 0 unspecified atom stereocenters. The molecular formula is C24H45CuN3+. The van der Waals surface area contributed by atoms with Gasteiger partial charge < -0.3 is 0 Å². The molecule has 0 aromatic heterocycles. The van der Waals surface area contributed by atoms with Gasteiger partial charge in [0.2, 0.25) is 0 Å². The first-order valence-electron chi connectivity index (χ1n) is 12.8. The van der Waals surface area contributed by atoms with Crippen molar-refractivity contribution < 1.29 is 19.7 Å². The van der Waals surface area contributed by atoms with E-state index in [1.54, 1.807) is 0 Å². The van der Waals surface area contributed by atoms with Crippen molar-refractivity contribution in [2.45, 2.75) is 114 Å². The summed E-state index contributed by atoms with van der Waals surface area (Å²) in [4.78, 5) is 5.78. The molecule has 0 atom stereocenters. The van der Waals surface area contributed by atoms with Gasteiger partial charge >= 0.3 is 183 Å². The molecule has 1 heterocycles. The Morgan fingerprint density at radius 1 is 0.500 bits per heavy atom. The van der Waals surface area contributed by atoms with E-state index in [0.29, 0.717) is 0 Å². The molecule has 3 aliphatic carbocycles. The minimum absolute atomic E-state index is 0.744. The Balaban J connectivity index is 1.48. The molecule has 0 N–H and O–H groups in total. The zero-order chi connectivity index (χ0) is 19.2. The molecule has 166 valence electrons. The third-order valence-corrected chi connectivity index (χ3v) is 9.31. The van der Waals surface area contributed by atoms with Gasteiger partial charge in [-0.05, 0) is 0 Å². The first kappa shape index (κ1) is 21.6. The van der Waals surface area contributed by atoms with Crippen LogP contribution in [0.5, 0.6) is 0 Å². The van der Waals surface area contributed by atoms with Crippen LogP contribution in [0.25, 0.3) is 0 Å². The molecule has 3 nitrogen and oxygen atoms in total. The summed E-state index contributed by atoms with van der Waals surface area (Å²) in [5.74, 6) is 0. The average molecular weight is 439 g/mol. The van der Waals surface area contributed by atoms with E-state index in [4.69, 9.17) is 16.2 Å². The van der Waals surface area contributed by atoms with Crippen LogP contribution in [0.3, 0.4) is 0 Å². The van der Waals surface area contributed by atoms with Gasteiger partial charge in [0.1, 0.15) is 0 Å². The molecule has 1 aliphatic heterocycles. The zero-order valence-corrected chi connectivity index (χ0v) is 19.2. The molecule has 4 fully saturated rings. The number of quaternary nitrogens is 1. The third kappa shape index (κ3) is 5.55. The average Bonchev–Trinajstić information content (AvgIpc) is 2.85. The van der Waals surface area contributed by atoms with E-state index in [1.807, 2.05) is 0 Å². The molecule has 0 bridgehead atoms. The van der Waals surface area contributed by atoms with E-state index in [1.165, 1.54) is 136 Å². The molecule has 1 saturated heterocycles. The number of nitrogens with zero attached hydrogens (tertiary/aromatic N) is 3. The fourth-order valence-electron chi connectivity index (χ4n) is 6.68. The van der Waals surface area contributed by atoms with Gasteiger partial charge in [-0.25, -0.2) is 0 Å². The third-order valence-electron chi connectivity index (χ3n) is 8.54. The fraction of sp³-hybridized carbons (Fsp3) is 1.00. The predicted octanol–water partition coefficient (Wildman–Crippen LogP) is 4.88. The van der Waals surface area contributed by atoms with Gasteiger partial charge in [0.15, 0.2) is 0 Å². The number of hydrogen-bond acceptors (Lipinski definition) is 2. The molecule has 4 aliphatic rings. The van der Waals surface area contributed by atoms with Gasteiger partial charge in [0, 0.05) is 0 Å². The van der Waals surface area contributed by atoms with Crippen molar-refractivity contribution in [3.05, 3.63) is 0 Å². The Morgan fingerprint density at radius 2 is 0.893 bits per heavy atom. The van der Waals surface area contributed by atoms with E-state index in [9.17, 15) is 0 Å². The molecule has 0 amide bonds. The summed E-state index contributed by atoms with van der Waals surface area (Å²) in [5.41, 5.74) is 0. The van der Waals surface area contributed by atoms with Gasteiger partial charge in [-0.2, -0.15) is 0 Å². The minimum atomic E-state index is 0.744. The van der Waals surface area contributed by atoms with Crippen molar-refractivity contribution >= 4 is 0 Å². The quantitative estimate of drug-likeness (QED) is 0.579. The molecular weight excluding hydrogens is 394 g/mol. The van der Waals surface area contributed by atoms with Crippen LogP contribution in [0.2, 0.25) is 0 Å². The number of hydrogen-bond donors (Lipinski definition) is 0. The van der Waals surface area contributed by atoms with E-state index in [-0.39, 0.29) is 0 Å². The van der Waals surface area contributed by atoms with Crippen LogP contribution < -0.4 is 0 Å². The molecule has 28 heavy (non-hydrogen) atoms. The Kier molecular flexibility index (Phi) is 8.20. The Hall–Kier alpha value is 0.399. The van der Waals surface area contributed by atoms with Crippen molar-refractivity contribution in [3.8, 4) is 0 Å². The van der Waals surface area contributed by atoms with Crippen molar-refractivity contribution in [2.24, 2.45) is 0 Å². The van der Waals surface area contributed by atoms with Crippen molar-refractivity contribution in [3.63, 3.8) is 0 Å². The SMILES string of the molecule is [Cu][N+]1(C2CCCCC2)CCN(C2CCCCC2)CCN(C2CCCCC2)CC1. The Bertz CT molecular complexity index is 423. The van der Waals surface area contributed by atoms with Crippen LogP contribution in [-0.4, -0.2) is 70.7 Å². The zero-order valence-electron chi connectivity index (χ0n) is 18.2. The van der Waals surface area contributed by atoms with Crippen LogP contribution >= 0.6 is 0 Å². The van der Waals surface area contributed by atoms with Crippen molar-refractivity contribution in [2.75, 3.05) is 39.3 Å². The molecule has 0 spiro atoms.